The summed E-state index contributed by atoms with van der Waals surface area (Å²) in [6.07, 6.45) is 2.99. The molecule has 0 bridgehead atoms. The highest BCUT2D eigenvalue weighted by Gasteiger charge is 2.15. The lowest BCUT2D eigenvalue weighted by atomic mass is 10.1. The van der Waals surface area contributed by atoms with Gasteiger partial charge in [-0.2, -0.15) is 0 Å². The zero-order valence-electron chi connectivity index (χ0n) is 8.49. The molecule has 3 heteroatoms. The van der Waals surface area contributed by atoms with Crippen molar-refractivity contribution in [1.82, 2.24) is 10.3 Å². The molecule has 2 rings (SSSR count). The van der Waals surface area contributed by atoms with Crippen LogP contribution in [-0.2, 0) is 0 Å². The van der Waals surface area contributed by atoms with Crippen molar-refractivity contribution >= 4 is 0 Å². The molecule has 3 nitrogen and oxygen atoms in total. The summed E-state index contributed by atoms with van der Waals surface area (Å²) in [6.45, 7) is 5.00. The molecule has 1 aliphatic heterocycles. The molecule has 1 N–H and O–H groups in total. The number of rotatable bonds is 3. The van der Waals surface area contributed by atoms with Crippen molar-refractivity contribution in [3.63, 3.8) is 0 Å². The lowest BCUT2D eigenvalue weighted by Gasteiger charge is -2.11. The number of hydrogen-bond donors (Lipinski definition) is 1. The predicted molar refractivity (Wildman–Crippen MR) is 55.4 cm³/mol. The van der Waals surface area contributed by atoms with Gasteiger partial charge in [-0.05, 0) is 26.0 Å². The first-order chi connectivity index (χ1) is 6.86. The molecule has 0 amide bonds. The molecule has 0 spiro atoms. The van der Waals surface area contributed by atoms with Gasteiger partial charge < -0.3 is 10.1 Å². The highest BCUT2D eigenvalue weighted by molar-refractivity contribution is 5.23. The summed E-state index contributed by atoms with van der Waals surface area (Å²) >= 11 is 0. The zero-order valence-corrected chi connectivity index (χ0v) is 8.49. The van der Waals surface area contributed by atoms with Crippen molar-refractivity contribution < 1.29 is 4.74 Å². The number of aryl methyl sites for hydroxylation is 1. The highest BCUT2D eigenvalue weighted by atomic mass is 16.5. The summed E-state index contributed by atoms with van der Waals surface area (Å²) in [6, 6.07) is 3.95. The van der Waals surface area contributed by atoms with Gasteiger partial charge in [0.05, 0.1) is 6.61 Å². The molecule has 76 valence electrons. The van der Waals surface area contributed by atoms with E-state index in [0.717, 1.165) is 31.1 Å². The largest absolute Gasteiger partial charge is 0.477 e. The van der Waals surface area contributed by atoms with Gasteiger partial charge in [0.25, 0.3) is 0 Å². The van der Waals surface area contributed by atoms with Crippen molar-refractivity contribution in [2.75, 3.05) is 19.7 Å². The Hall–Kier alpha value is -1.09. The minimum absolute atomic E-state index is 0.649. The number of nitrogens with zero attached hydrogens (tertiary/aromatic N) is 1. The van der Waals surface area contributed by atoms with Gasteiger partial charge in [-0.1, -0.05) is 6.07 Å². The number of nitrogens with one attached hydrogen (secondary N) is 1. The molecule has 1 aliphatic rings. The van der Waals surface area contributed by atoms with Gasteiger partial charge in [0.1, 0.15) is 0 Å². The first kappa shape index (κ1) is 9.46. The molecule has 1 saturated heterocycles. The normalized spacial score (nSPS) is 21.1. The van der Waals surface area contributed by atoms with Gasteiger partial charge in [-0.25, -0.2) is 4.98 Å². The summed E-state index contributed by atoms with van der Waals surface area (Å²) < 4.78 is 5.67. The molecule has 1 unspecified atom stereocenters. The Morgan fingerprint density at radius 3 is 3.29 bits per heavy atom. The lowest BCUT2D eigenvalue weighted by molar-refractivity contribution is 0.249. The monoisotopic (exact) mass is 192 g/mol. The quantitative estimate of drug-likeness (QED) is 0.785. The van der Waals surface area contributed by atoms with E-state index in [1.54, 1.807) is 6.20 Å². The number of hydrogen-bond acceptors (Lipinski definition) is 3. The average Bonchev–Trinajstić information content (AvgIpc) is 2.69. The first-order valence-corrected chi connectivity index (χ1v) is 5.11. The molecule has 0 aromatic carbocycles. The standard InChI is InChI=1S/C11H16N2O/c1-9-3-2-5-13-11(9)14-8-10-4-6-12-7-10/h2-3,5,10,12H,4,6-8H2,1H3. The van der Waals surface area contributed by atoms with Crippen molar-refractivity contribution in [1.29, 1.82) is 0 Å². The minimum atomic E-state index is 0.649. The fourth-order valence-corrected chi connectivity index (χ4v) is 1.68. The second-order valence-electron chi connectivity index (χ2n) is 3.80. The van der Waals surface area contributed by atoms with Crippen LogP contribution in [-0.4, -0.2) is 24.7 Å². The van der Waals surface area contributed by atoms with Crippen molar-refractivity contribution in [2.45, 2.75) is 13.3 Å². The van der Waals surface area contributed by atoms with E-state index in [1.165, 1.54) is 6.42 Å². The molecule has 2 heterocycles. The Labute approximate surface area is 84.5 Å². The van der Waals surface area contributed by atoms with Gasteiger partial charge >= 0.3 is 0 Å². The van der Waals surface area contributed by atoms with Crippen molar-refractivity contribution in [3.05, 3.63) is 23.9 Å². The fourth-order valence-electron chi connectivity index (χ4n) is 1.68. The van der Waals surface area contributed by atoms with E-state index >= 15 is 0 Å². The van der Waals surface area contributed by atoms with Crippen LogP contribution in [0.1, 0.15) is 12.0 Å². The molecule has 0 aliphatic carbocycles. The van der Waals surface area contributed by atoms with Crippen LogP contribution >= 0.6 is 0 Å². The predicted octanol–water partition coefficient (Wildman–Crippen LogP) is 1.38. The maximum atomic E-state index is 5.67. The summed E-state index contributed by atoms with van der Waals surface area (Å²) in [5.74, 6) is 1.43. The van der Waals surface area contributed by atoms with Gasteiger partial charge in [0.15, 0.2) is 0 Å². The maximum absolute atomic E-state index is 5.67. The van der Waals surface area contributed by atoms with E-state index in [0.29, 0.717) is 5.92 Å². The maximum Gasteiger partial charge on any atom is 0.216 e. The molecule has 1 fully saturated rings. The molecule has 1 aromatic rings. The third-order valence-corrected chi connectivity index (χ3v) is 2.58. The SMILES string of the molecule is Cc1cccnc1OCC1CCNC1. The van der Waals surface area contributed by atoms with Gasteiger partial charge in [0, 0.05) is 24.2 Å². The molecule has 1 aromatic heterocycles. The Morgan fingerprint density at radius 2 is 2.57 bits per heavy atom. The number of pyridine rings is 1. The third-order valence-electron chi connectivity index (χ3n) is 2.58. The summed E-state index contributed by atoms with van der Waals surface area (Å²) in [7, 11) is 0. The minimum Gasteiger partial charge on any atom is -0.477 e. The highest BCUT2D eigenvalue weighted by Crippen LogP contribution is 2.15. The van der Waals surface area contributed by atoms with Crippen molar-refractivity contribution in [2.24, 2.45) is 5.92 Å². The van der Waals surface area contributed by atoms with Crippen LogP contribution in [0.25, 0.3) is 0 Å². The van der Waals surface area contributed by atoms with Crippen LogP contribution in [0.2, 0.25) is 0 Å². The molecule has 1 atom stereocenters. The lowest BCUT2D eigenvalue weighted by Crippen LogP contribution is -2.16. The van der Waals surface area contributed by atoms with Crippen LogP contribution in [0.4, 0.5) is 0 Å². The fraction of sp³-hybridized carbons (Fsp3) is 0.545. The topological polar surface area (TPSA) is 34.1 Å². The van der Waals surface area contributed by atoms with E-state index in [9.17, 15) is 0 Å². The third kappa shape index (κ3) is 2.23. The molecule has 14 heavy (non-hydrogen) atoms. The van der Waals surface area contributed by atoms with E-state index in [4.69, 9.17) is 4.74 Å². The van der Waals surface area contributed by atoms with Crippen LogP contribution in [0.3, 0.4) is 0 Å². The molecule has 0 saturated carbocycles. The Balaban J connectivity index is 1.88. The van der Waals surface area contributed by atoms with Crippen LogP contribution < -0.4 is 10.1 Å². The zero-order chi connectivity index (χ0) is 9.80. The Kier molecular flexibility index (Phi) is 2.99. The molecule has 0 radical (unpaired) electrons. The van der Waals surface area contributed by atoms with Crippen LogP contribution in [0.15, 0.2) is 18.3 Å². The Bertz CT molecular complexity index is 295. The molecular weight excluding hydrogens is 176 g/mol. The summed E-state index contributed by atoms with van der Waals surface area (Å²) in [5, 5.41) is 3.32. The second kappa shape index (κ2) is 4.42. The number of ether oxygens (including phenoxy) is 1. The van der Waals surface area contributed by atoms with Gasteiger partial charge in [-0.15, -0.1) is 0 Å². The van der Waals surface area contributed by atoms with E-state index in [1.807, 2.05) is 19.1 Å². The first-order valence-electron chi connectivity index (χ1n) is 5.11. The smallest absolute Gasteiger partial charge is 0.216 e. The van der Waals surface area contributed by atoms with E-state index in [-0.39, 0.29) is 0 Å². The van der Waals surface area contributed by atoms with Crippen molar-refractivity contribution in [3.8, 4) is 5.88 Å². The van der Waals surface area contributed by atoms with E-state index < -0.39 is 0 Å². The number of aromatic nitrogens is 1. The summed E-state index contributed by atoms with van der Waals surface area (Å²) in [4.78, 5) is 4.20. The van der Waals surface area contributed by atoms with E-state index in [2.05, 4.69) is 10.3 Å². The Morgan fingerprint density at radius 1 is 1.64 bits per heavy atom. The van der Waals surface area contributed by atoms with Crippen LogP contribution in [0, 0.1) is 12.8 Å². The average molecular weight is 192 g/mol. The summed E-state index contributed by atoms with van der Waals surface area (Å²) in [5.41, 5.74) is 1.11. The van der Waals surface area contributed by atoms with Gasteiger partial charge in [-0.3, -0.25) is 0 Å². The molecular formula is C11H16N2O. The second-order valence-corrected chi connectivity index (χ2v) is 3.80. The van der Waals surface area contributed by atoms with Gasteiger partial charge in [0.2, 0.25) is 5.88 Å². The van der Waals surface area contributed by atoms with Crippen LogP contribution in [0.5, 0.6) is 5.88 Å².